The topological polar surface area (TPSA) is 20.7 Å². The van der Waals surface area contributed by atoms with Crippen molar-refractivity contribution in [1.82, 2.24) is 9.80 Å². The third-order valence-electron chi connectivity index (χ3n) is 10.1. The third kappa shape index (κ3) is 14.9. The monoisotopic (exact) mass is 766 g/mol. The predicted molar refractivity (Wildman–Crippen MR) is 240 cm³/mol. The molecule has 0 bridgehead atoms. The van der Waals surface area contributed by atoms with E-state index in [1.807, 2.05) is 0 Å². The van der Waals surface area contributed by atoms with Gasteiger partial charge in [0.1, 0.15) is 13.1 Å². The Hall–Kier alpha value is -3.56. The molecular formula is C46H66N6S2+2. The number of benzene rings is 2. The number of aryl methyl sites for hydroxylation is 2. The highest BCUT2D eigenvalue weighted by Gasteiger charge is 2.16. The van der Waals surface area contributed by atoms with Crippen molar-refractivity contribution < 1.29 is 9.13 Å². The van der Waals surface area contributed by atoms with E-state index in [0.717, 1.165) is 13.1 Å². The normalized spacial score (nSPS) is 13.0. The van der Waals surface area contributed by atoms with Crippen LogP contribution in [0.25, 0.3) is 24.3 Å². The van der Waals surface area contributed by atoms with E-state index < -0.39 is 0 Å². The molecule has 2 unspecified atom stereocenters. The van der Waals surface area contributed by atoms with Gasteiger partial charge in [0, 0.05) is 112 Å². The van der Waals surface area contributed by atoms with Crippen molar-refractivity contribution in [1.29, 1.82) is 0 Å². The number of nitrogens with zero attached hydrogens (tertiary/aromatic N) is 6. The lowest BCUT2D eigenvalue weighted by Crippen LogP contribution is -2.37. The second kappa shape index (κ2) is 23.4. The molecular weight excluding hydrogens is 701 g/mol. The molecule has 4 aromatic rings. The molecule has 0 spiro atoms. The molecule has 4 rings (SSSR count). The second-order valence-electron chi connectivity index (χ2n) is 15.0. The van der Waals surface area contributed by atoms with E-state index in [1.165, 1.54) is 83.9 Å². The van der Waals surface area contributed by atoms with Crippen LogP contribution in [0.15, 0.2) is 97.3 Å². The average molecular weight is 767 g/mol. The van der Waals surface area contributed by atoms with Gasteiger partial charge in [-0.2, -0.15) is 9.13 Å². The van der Waals surface area contributed by atoms with E-state index in [0.29, 0.717) is 12.1 Å². The van der Waals surface area contributed by atoms with Crippen LogP contribution in [-0.2, 0) is 13.1 Å². The summed E-state index contributed by atoms with van der Waals surface area (Å²) < 4.78 is 4.79. The van der Waals surface area contributed by atoms with Gasteiger partial charge < -0.3 is 19.6 Å². The fourth-order valence-electron chi connectivity index (χ4n) is 6.62. The SMILES string of the molecule is CN(C)c1ccc(/C=C/c2cccc[n+]2CCCC(CCSSCCC(CCC[n+]2ccccc2/C=C/c2ccc(N(C)C)cc2)N(C)C)N(C)C)cc1. The van der Waals surface area contributed by atoms with Crippen LogP contribution in [0, 0.1) is 0 Å². The first-order valence-electron chi connectivity index (χ1n) is 19.6. The Balaban J connectivity index is 1.15. The zero-order valence-electron chi connectivity index (χ0n) is 34.3. The van der Waals surface area contributed by atoms with Crippen LogP contribution < -0.4 is 18.9 Å². The molecule has 0 amide bonds. The lowest BCUT2D eigenvalue weighted by molar-refractivity contribution is -0.699. The van der Waals surface area contributed by atoms with E-state index in [4.69, 9.17) is 0 Å². The summed E-state index contributed by atoms with van der Waals surface area (Å²) in [6.07, 6.45) is 20.6. The zero-order valence-corrected chi connectivity index (χ0v) is 35.9. The summed E-state index contributed by atoms with van der Waals surface area (Å²) >= 11 is 0. The van der Waals surface area contributed by atoms with Crippen molar-refractivity contribution in [2.75, 3.05) is 77.7 Å². The Morgan fingerprint density at radius 3 is 1.22 bits per heavy atom. The maximum atomic E-state index is 2.43. The van der Waals surface area contributed by atoms with Gasteiger partial charge in [0.2, 0.25) is 11.4 Å². The standard InChI is InChI=1S/C46H66N6S2/c1-47(2)41(17-13-35-51-33-11-9-15-45(51)29-23-39-19-25-43(26-20-39)49(5)6)31-37-53-54-38-32-42(48(3)4)18-14-36-52-34-12-10-16-46(52)30-24-40-21-27-44(28-22-40)50(7)8/h9-12,15-16,19-30,33-34,41-42H,13-14,17-18,31-32,35-38H2,1-8H3/q+2. The van der Waals surface area contributed by atoms with E-state index in [1.54, 1.807) is 0 Å². The maximum absolute atomic E-state index is 2.43. The molecule has 54 heavy (non-hydrogen) atoms. The average Bonchev–Trinajstić information content (AvgIpc) is 3.17. The minimum absolute atomic E-state index is 0.602. The van der Waals surface area contributed by atoms with Crippen LogP contribution in [0.5, 0.6) is 0 Å². The second-order valence-corrected chi connectivity index (χ2v) is 17.7. The van der Waals surface area contributed by atoms with Crippen LogP contribution in [0.1, 0.15) is 61.0 Å². The van der Waals surface area contributed by atoms with Crippen molar-refractivity contribution in [2.24, 2.45) is 0 Å². The molecule has 2 heterocycles. The molecule has 0 aliphatic carbocycles. The van der Waals surface area contributed by atoms with Gasteiger partial charge in [0.25, 0.3) is 0 Å². The molecule has 6 nitrogen and oxygen atoms in total. The highest BCUT2D eigenvalue weighted by molar-refractivity contribution is 8.76. The molecule has 0 radical (unpaired) electrons. The molecule has 0 N–H and O–H groups in total. The number of pyridine rings is 2. The van der Waals surface area contributed by atoms with Crippen molar-refractivity contribution in [3.05, 3.63) is 120 Å². The fraction of sp³-hybridized carbons (Fsp3) is 0.435. The first-order chi connectivity index (χ1) is 26.1. The zero-order chi connectivity index (χ0) is 38.7. The number of anilines is 2. The Morgan fingerprint density at radius 2 is 0.870 bits per heavy atom. The molecule has 0 aliphatic rings. The van der Waals surface area contributed by atoms with E-state index >= 15 is 0 Å². The molecule has 0 saturated heterocycles. The summed E-state index contributed by atoms with van der Waals surface area (Å²) in [5.74, 6) is 2.39. The smallest absolute Gasteiger partial charge is 0.205 e. The highest BCUT2D eigenvalue weighted by Crippen LogP contribution is 2.26. The highest BCUT2D eigenvalue weighted by atomic mass is 33.1. The quantitative estimate of drug-likeness (QED) is 0.0424. The summed E-state index contributed by atoms with van der Waals surface area (Å²) in [6.45, 7) is 2.06. The van der Waals surface area contributed by atoms with Crippen LogP contribution in [0.3, 0.4) is 0 Å². The lowest BCUT2D eigenvalue weighted by atomic mass is 10.1. The Morgan fingerprint density at radius 1 is 0.481 bits per heavy atom. The first kappa shape index (κ1) is 43.2. The summed E-state index contributed by atoms with van der Waals surface area (Å²) in [5, 5.41) is 0. The van der Waals surface area contributed by atoms with Gasteiger partial charge in [-0.15, -0.1) is 0 Å². The first-order valence-corrected chi connectivity index (χ1v) is 22.0. The van der Waals surface area contributed by atoms with E-state index in [2.05, 4.69) is 228 Å². The summed E-state index contributed by atoms with van der Waals surface area (Å²) in [4.78, 5) is 9.12. The Bertz CT molecular complexity index is 1570. The van der Waals surface area contributed by atoms with Gasteiger partial charge in [-0.05, 0) is 114 Å². The van der Waals surface area contributed by atoms with Crippen LogP contribution in [0.2, 0.25) is 0 Å². The molecule has 2 atom stereocenters. The number of hydrogen-bond donors (Lipinski definition) is 0. The van der Waals surface area contributed by atoms with Gasteiger partial charge in [0.05, 0.1) is 0 Å². The van der Waals surface area contributed by atoms with Gasteiger partial charge in [-0.25, -0.2) is 0 Å². The largest absolute Gasteiger partial charge is 0.378 e. The summed E-state index contributed by atoms with van der Waals surface area (Å²) in [6, 6.07) is 31.6. The lowest BCUT2D eigenvalue weighted by Gasteiger charge is -2.24. The number of hydrogen-bond acceptors (Lipinski definition) is 6. The minimum atomic E-state index is 0.602. The van der Waals surface area contributed by atoms with Crippen LogP contribution >= 0.6 is 21.6 Å². The molecule has 0 saturated carbocycles. The van der Waals surface area contributed by atoms with Gasteiger partial charge >= 0.3 is 0 Å². The number of aromatic nitrogens is 2. The number of rotatable bonds is 23. The van der Waals surface area contributed by atoms with E-state index in [9.17, 15) is 0 Å². The van der Waals surface area contributed by atoms with Crippen LogP contribution in [0.4, 0.5) is 11.4 Å². The summed E-state index contributed by atoms with van der Waals surface area (Å²) in [7, 11) is 21.4. The predicted octanol–water partition coefficient (Wildman–Crippen LogP) is 9.02. The van der Waals surface area contributed by atoms with Gasteiger partial charge in [-0.3, -0.25) is 0 Å². The van der Waals surface area contributed by atoms with Crippen LogP contribution in [-0.4, -0.2) is 89.8 Å². The van der Waals surface area contributed by atoms with Gasteiger partial charge in [-0.1, -0.05) is 45.9 Å². The molecule has 8 heteroatoms. The summed E-state index contributed by atoms with van der Waals surface area (Å²) in [5.41, 5.74) is 7.38. The van der Waals surface area contributed by atoms with Crippen molar-refractivity contribution in [3.63, 3.8) is 0 Å². The van der Waals surface area contributed by atoms with Gasteiger partial charge in [0.15, 0.2) is 12.4 Å². The molecule has 0 fully saturated rings. The molecule has 290 valence electrons. The van der Waals surface area contributed by atoms with Crippen molar-refractivity contribution in [2.45, 2.75) is 63.7 Å². The van der Waals surface area contributed by atoms with E-state index in [-0.39, 0.29) is 0 Å². The Kier molecular flexibility index (Phi) is 18.7. The van der Waals surface area contributed by atoms with Crippen molar-refractivity contribution >= 4 is 57.3 Å². The fourth-order valence-corrected chi connectivity index (χ4v) is 8.88. The minimum Gasteiger partial charge on any atom is -0.378 e. The Labute approximate surface area is 336 Å². The molecule has 2 aromatic carbocycles. The maximum Gasteiger partial charge on any atom is 0.205 e. The molecule has 2 aromatic heterocycles. The molecule has 0 aliphatic heterocycles. The van der Waals surface area contributed by atoms with Crippen molar-refractivity contribution in [3.8, 4) is 0 Å². The third-order valence-corrected chi connectivity index (χ3v) is 12.6.